The largest absolute Gasteiger partial charge is 0.381 e. The molecule has 1 N–H and O–H groups in total. The van der Waals surface area contributed by atoms with Gasteiger partial charge in [-0.3, -0.25) is 0 Å². The first kappa shape index (κ1) is 14.9. The van der Waals surface area contributed by atoms with E-state index in [4.69, 9.17) is 0 Å². The minimum atomic E-state index is -1.18. The fraction of sp³-hybridized carbons (Fsp3) is 0.333. The average Bonchev–Trinajstić information content (AvgIpc) is 2.45. The van der Waals surface area contributed by atoms with E-state index in [-0.39, 0.29) is 0 Å². The molecule has 0 aliphatic rings. The standard InChI is InChI=1S/C18H25NSi/c1-5-16-8-6-7-9-18(16)19-14-15-10-12-17(13-11-15)20(2,3)4/h6-13,19H,5,14H2,1-4H3. The second-order valence-electron chi connectivity index (χ2n) is 6.31. The van der Waals surface area contributed by atoms with Gasteiger partial charge in [0.15, 0.2) is 0 Å². The summed E-state index contributed by atoms with van der Waals surface area (Å²) in [4.78, 5) is 0. The highest BCUT2D eigenvalue weighted by Gasteiger charge is 2.15. The molecule has 2 aromatic rings. The van der Waals surface area contributed by atoms with Crippen LogP contribution < -0.4 is 10.5 Å². The Labute approximate surface area is 124 Å². The maximum absolute atomic E-state index is 3.55. The summed E-state index contributed by atoms with van der Waals surface area (Å²) in [5.74, 6) is 0. The van der Waals surface area contributed by atoms with Crippen molar-refractivity contribution in [3.05, 3.63) is 59.7 Å². The molecule has 0 heterocycles. The van der Waals surface area contributed by atoms with Gasteiger partial charge in [-0.25, -0.2) is 0 Å². The number of hydrogen-bond donors (Lipinski definition) is 1. The second-order valence-corrected chi connectivity index (χ2v) is 11.4. The molecule has 0 atom stereocenters. The Kier molecular flexibility index (Phi) is 4.66. The molecule has 0 amide bonds. The molecule has 2 rings (SSSR count). The lowest BCUT2D eigenvalue weighted by Crippen LogP contribution is -2.37. The molecular formula is C18H25NSi. The lowest BCUT2D eigenvalue weighted by atomic mass is 10.1. The van der Waals surface area contributed by atoms with Gasteiger partial charge >= 0.3 is 0 Å². The molecule has 0 aromatic heterocycles. The van der Waals surface area contributed by atoms with E-state index in [1.54, 1.807) is 0 Å². The van der Waals surface area contributed by atoms with E-state index >= 15 is 0 Å². The molecule has 2 aromatic carbocycles. The van der Waals surface area contributed by atoms with Gasteiger partial charge in [-0.05, 0) is 23.6 Å². The molecule has 0 unspecified atom stereocenters. The second kappa shape index (κ2) is 6.27. The Bertz CT molecular complexity index is 552. The summed E-state index contributed by atoms with van der Waals surface area (Å²) in [5, 5.41) is 5.07. The van der Waals surface area contributed by atoms with Crippen LogP contribution in [0.15, 0.2) is 48.5 Å². The fourth-order valence-corrected chi connectivity index (χ4v) is 3.49. The zero-order valence-electron chi connectivity index (χ0n) is 13.0. The van der Waals surface area contributed by atoms with E-state index in [1.807, 2.05) is 0 Å². The number of rotatable bonds is 5. The van der Waals surface area contributed by atoms with Gasteiger partial charge in [-0.2, -0.15) is 0 Å². The van der Waals surface area contributed by atoms with Crippen molar-refractivity contribution in [2.75, 3.05) is 5.32 Å². The highest BCUT2D eigenvalue weighted by molar-refractivity contribution is 6.88. The van der Waals surface area contributed by atoms with Crippen molar-refractivity contribution in [3.63, 3.8) is 0 Å². The monoisotopic (exact) mass is 283 g/mol. The van der Waals surface area contributed by atoms with Gasteiger partial charge in [0.05, 0.1) is 8.07 Å². The van der Waals surface area contributed by atoms with Crippen LogP contribution in [-0.4, -0.2) is 8.07 Å². The van der Waals surface area contributed by atoms with Crippen molar-refractivity contribution in [2.45, 2.75) is 39.5 Å². The van der Waals surface area contributed by atoms with Crippen LogP contribution in [0.2, 0.25) is 19.6 Å². The molecule has 0 saturated heterocycles. The molecule has 0 fully saturated rings. The maximum Gasteiger partial charge on any atom is 0.0775 e. The van der Waals surface area contributed by atoms with E-state index in [0.29, 0.717) is 0 Å². The number of nitrogens with one attached hydrogen (secondary N) is 1. The molecule has 106 valence electrons. The first-order valence-electron chi connectivity index (χ1n) is 7.42. The highest BCUT2D eigenvalue weighted by Crippen LogP contribution is 2.16. The van der Waals surface area contributed by atoms with Crippen LogP contribution in [0.3, 0.4) is 0 Å². The van der Waals surface area contributed by atoms with Crippen LogP contribution >= 0.6 is 0 Å². The predicted octanol–water partition coefficient (Wildman–Crippen LogP) is 4.41. The van der Waals surface area contributed by atoms with Crippen LogP contribution in [0.25, 0.3) is 0 Å². The zero-order valence-corrected chi connectivity index (χ0v) is 14.0. The molecule has 0 saturated carbocycles. The quantitative estimate of drug-likeness (QED) is 0.802. The summed E-state index contributed by atoms with van der Waals surface area (Å²) in [6.07, 6.45) is 1.07. The third-order valence-electron chi connectivity index (χ3n) is 3.70. The van der Waals surface area contributed by atoms with Crippen molar-refractivity contribution < 1.29 is 0 Å². The molecule has 0 aliphatic carbocycles. The van der Waals surface area contributed by atoms with Crippen LogP contribution in [0.5, 0.6) is 0 Å². The highest BCUT2D eigenvalue weighted by atomic mass is 28.3. The van der Waals surface area contributed by atoms with Crippen molar-refractivity contribution >= 4 is 18.9 Å². The van der Waals surface area contributed by atoms with E-state index in [2.05, 4.69) is 80.4 Å². The van der Waals surface area contributed by atoms with Crippen LogP contribution in [0.4, 0.5) is 5.69 Å². The summed E-state index contributed by atoms with van der Waals surface area (Å²) < 4.78 is 0. The molecule has 20 heavy (non-hydrogen) atoms. The number of para-hydroxylation sites is 1. The van der Waals surface area contributed by atoms with Gasteiger partial charge in [0.1, 0.15) is 0 Å². The molecule has 1 nitrogen and oxygen atoms in total. The number of hydrogen-bond acceptors (Lipinski definition) is 1. The van der Waals surface area contributed by atoms with Crippen LogP contribution in [0.1, 0.15) is 18.1 Å². The molecule has 0 aliphatic heterocycles. The van der Waals surface area contributed by atoms with Crippen molar-refractivity contribution in [1.29, 1.82) is 0 Å². The summed E-state index contributed by atoms with van der Waals surface area (Å²) >= 11 is 0. The van der Waals surface area contributed by atoms with Crippen molar-refractivity contribution in [3.8, 4) is 0 Å². The number of aryl methyl sites for hydroxylation is 1. The normalized spacial score (nSPS) is 11.4. The van der Waals surface area contributed by atoms with E-state index < -0.39 is 8.07 Å². The number of anilines is 1. The predicted molar refractivity (Wildman–Crippen MR) is 92.6 cm³/mol. The Hall–Kier alpha value is -1.54. The topological polar surface area (TPSA) is 12.0 Å². The average molecular weight is 283 g/mol. The fourth-order valence-electron chi connectivity index (χ4n) is 2.32. The Balaban J connectivity index is 2.04. The summed E-state index contributed by atoms with van der Waals surface area (Å²) in [6, 6.07) is 17.7. The van der Waals surface area contributed by atoms with E-state index in [0.717, 1.165) is 13.0 Å². The summed E-state index contributed by atoms with van der Waals surface area (Å²) in [6.45, 7) is 10.2. The van der Waals surface area contributed by atoms with Gasteiger partial charge in [0.2, 0.25) is 0 Å². The van der Waals surface area contributed by atoms with Crippen LogP contribution in [-0.2, 0) is 13.0 Å². The van der Waals surface area contributed by atoms with Gasteiger partial charge in [0, 0.05) is 12.2 Å². The third kappa shape index (κ3) is 3.73. The Morgan fingerprint density at radius 2 is 1.55 bits per heavy atom. The van der Waals surface area contributed by atoms with E-state index in [9.17, 15) is 0 Å². The molecule has 0 spiro atoms. The molecule has 2 heteroatoms. The molecule has 0 radical (unpaired) electrons. The van der Waals surface area contributed by atoms with Gasteiger partial charge < -0.3 is 5.32 Å². The lowest BCUT2D eigenvalue weighted by Gasteiger charge is -2.17. The SMILES string of the molecule is CCc1ccccc1NCc1ccc([Si](C)(C)C)cc1. The zero-order chi connectivity index (χ0) is 14.6. The van der Waals surface area contributed by atoms with Gasteiger partial charge in [-0.1, -0.05) is 74.2 Å². The lowest BCUT2D eigenvalue weighted by molar-refractivity contribution is 1.09. The third-order valence-corrected chi connectivity index (χ3v) is 5.77. The molecule has 0 bridgehead atoms. The Morgan fingerprint density at radius 3 is 2.15 bits per heavy atom. The Morgan fingerprint density at radius 1 is 0.900 bits per heavy atom. The van der Waals surface area contributed by atoms with Crippen molar-refractivity contribution in [2.24, 2.45) is 0 Å². The first-order chi connectivity index (χ1) is 9.50. The first-order valence-corrected chi connectivity index (χ1v) is 10.9. The van der Waals surface area contributed by atoms with Gasteiger partial charge in [0.25, 0.3) is 0 Å². The minimum absolute atomic E-state index is 0.892. The number of benzene rings is 2. The van der Waals surface area contributed by atoms with Crippen LogP contribution in [0, 0.1) is 0 Å². The summed E-state index contributed by atoms with van der Waals surface area (Å²) in [5.41, 5.74) is 3.98. The van der Waals surface area contributed by atoms with Gasteiger partial charge in [-0.15, -0.1) is 0 Å². The molecular weight excluding hydrogens is 258 g/mol. The van der Waals surface area contributed by atoms with Crippen molar-refractivity contribution in [1.82, 2.24) is 0 Å². The minimum Gasteiger partial charge on any atom is -0.381 e. The maximum atomic E-state index is 3.55. The summed E-state index contributed by atoms with van der Waals surface area (Å²) in [7, 11) is -1.18. The smallest absolute Gasteiger partial charge is 0.0775 e. The van der Waals surface area contributed by atoms with E-state index in [1.165, 1.54) is 22.0 Å².